The average Bonchev–Trinajstić information content (AvgIpc) is 2.26. The van der Waals surface area contributed by atoms with Gasteiger partial charge in [0, 0.05) is 11.8 Å². The Morgan fingerprint density at radius 1 is 1.29 bits per heavy atom. The number of hydrogen-bond donors (Lipinski definition) is 1. The number of aliphatic hydroxyl groups is 1. The highest BCUT2D eigenvalue weighted by Crippen LogP contribution is 2.18. The minimum absolute atomic E-state index is 0.0720. The van der Waals surface area contributed by atoms with Gasteiger partial charge >= 0.3 is 0 Å². The second-order valence-electron chi connectivity index (χ2n) is 5.21. The summed E-state index contributed by atoms with van der Waals surface area (Å²) in [6.07, 6.45) is 2.97. The van der Waals surface area contributed by atoms with E-state index < -0.39 is 6.10 Å². The first-order valence-corrected chi connectivity index (χ1v) is 5.84. The van der Waals surface area contributed by atoms with Crippen molar-refractivity contribution >= 4 is 11.9 Å². The molecule has 1 rings (SSSR count). The van der Waals surface area contributed by atoms with Crippen LogP contribution in [0.2, 0.25) is 0 Å². The van der Waals surface area contributed by atoms with E-state index in [0.717, 1.165) is 5.56 Å². The van der Waals surface area contributed by atoms with Crippen LogP contribution in [-0.4, -0.2) is 17.0 Å². The SMILES string of the molecule is CC(C)(C)C(=O)C[C@@H](O)/C=C/c1ccccc1. The maximum atomic E-state index is 11.7. The lowest BCUT2D eigenvalue weighted by molar-refractivity contribution is -0.127. The molecule has 1 N–H and O–H groups in total. The minimum atomic E-state index is -0.707. The third kappa shape index (κ3) is 4.96. The maximum absolute atomic E-state index is 11.7. The predicted molar refractivity (Wildman–Crippen MR) is 70.6 cm³/mol. The zero-order valence-electron chi connectivity index (χ0n) is 10.7. The van der Waals surface area contributed by atoms with Crippen LogP contribution in [0.5, 0.6) is 0 Å². The molecular formula is C15H20O2. The summed E-state index contributed by atoms with van der Waals surface area (Å²) in [7, 11) is 0. The number of ketones is 1. The number of rotatable bonds is 4. The zero-order chi connectivity index (χ0) is 12.9. The molecule has 0 saturated carbocycles. The Hall–Kier alpha value is -1.41. The first-order valence-electron chi connectivity index (χ1n) is 5.84. The molecule has 0 unspecified atom stereocenters. The van der Waals surface area contributed by atoms with Crippen molar-refractivity contribution < 1.29 is 9.90 Å². The van der Waals surface area contributed by atoms with E-state index in [1.165, 1.54) is 0 Å². The van der Waals surface area contributed by atoms with Gasteiger partial charge in [-0.15, -0.1) is 0 Å². The summed E-state index contributed by atoms with van der Waals surface area (Å²) in [5.41, 5.74) is 0.636. The highest BCUT2D eigenvalue weighted by Gasteiger charge is 2.22. The van der Waals surface area contributed by atoms with Crippen molar-refractivity contribution in [3.05, 3.63) is 42.0 Å². The molecule has 17 heavy (non-hydrogen) atoms. The summed E-state index contributed by atoms with van der Waals surface area (Å²) in [4.78, 5) is 11.7. The van der Waals surface area contributed by atoms with Crippen molar-refractivity contribution in [3.8, 4) is 0 Å². The Labute approximate surface area is 103 Å². The molecule has 0 heterocycles. The van der Waals surface area contributed by atoms with Crippen LogP contribution in [-0.2, 0) is 4.79 Å². The van der Waals surface area contributed by atoms with Crippen molar-refractivity contribution in [2.45, 2.75) is 33.3 Å². The second-order valence-corrected chi connectivity index (χ2v) is 5.21. The van der Waals surface area contributed by atoms with E-state index in [0.29, 0.717) is 0 Å². The second kappa shape index (κ2) is 5.78. The normalized spacial score (nSPS) is 13.9. The van der Waals surface area contributed by atoms with Crippen LogP contribution in [0.3, 0.4) is 0 Å². The first kappa shape index (κ1) is 13.7. The molecule has 0 fully saturated rings. The molecule has 0 spiro atoms. The van der Waals surface area contributed by atoms with Crippen LogP contribution >= 0.6 is 0 Å². The predicted octanol–water partition coefficient (Wildman–Crippen LogP) is 3.07. The van der Waals surface area contributed by atoms with E-state index in [9.17, 15) is 9.90 Å². The molecule has 1 aromatic rings. The summed E-state index contributed by atoms with van der Waals surface area (Å²) in [6.45, 7) is 5.59. The van der Waals surface area contributed by atoms with Gasteiger partial charge in [-0.3, -0.25) is 4.79 Å². The quantitative estimate of drug-likeness (QED) is 0.866. The molecule has 2 nitrogen and oxygen atoms in total. The number of carbonyl (C=O) groups excluding carboxylic acids is 1. The zero-order valence-corrected chi connectivity index (χ0v) is 10.7. The number of aliphatic hydroxyl groups excluding tert-OH is 1. The van der Waals surface area contributed by atoms with Gasteiger partial charge in [-0.05, 0) is 5.56 Å². The fourth-order valence-corrected chi connectivity index (χ4v) is 1.35. The Bertz CT molecular complexity index is 385. The monoisotopic (exact) mass is 232 g/mol. The van der Waals surface area contributed by atoms with E-state index in [2.05, 4.69) is 0 Å². The van der Waals surface area contributed by atoms with Gasteiger partial charge in [0.1, 0.15) is 5.78 Å². The first-order chi connectivity index (χ1) is 7.89. The molecule has 1 atom stereocenters. The third-order valence-electron chi connectivity index (χ3n) is 2.54. The van der Waals surface area contributed by atoms with Crippen LogP contribution in [0.25, 0.3) is 6.08 Å². The van der Waals surface area contributed by atoms with Gasteiger partial charge in [-0.2, -0.15) is 0 Å². The molecule has 0 aromatic heterocycles. The van der Waals surface area contributed by atoms with Crippen molar-refractivity contribution in [2.75, 3.05) is 0 Å². The summed E-state index contributed by atoms with van der Waals surface area (Å²) < 4.78 is 0. The van der Waals surface area contributed by atoms with Gasteiger partial charge in [0.2, 0.25) is 0 Å². The molecular weight excluding hydrogens is 212 g/mol. The van der Waals surface area contributed by atoms with Crippen LogP contribution in [0.1, 0.15) is 32.8 Å². The minimum Gasteiger partial charge on any atom is -0.389 e. The molecule has 0 aliphatic heterocycles. The van der Waals surface area contributed by atoms with E-state index in [1.54, 1.807) is 6.08 Å². The Kier molecular flexibility index (Phi) is 4.64. The van der Waals surface area contributed by atoms with Crippen LogP contribution < -0.4 is 0 Å². The molecule has 0 saturated heterocycles. The smallest absolute Gasteiger partial charge is 0.141 e. The maximum Gasteiger partial charge on any atom is 0.141 e. The topological polar surface area (TPSA) is 37.3 Å². The Balaban J connectivity index is 2.53. The molecule has 0 aliphatic carbocycles. The van der Waals surface area contributed by atoms with Crippen molar-refractivity contribution in [1.29, 1.82) is 0 Å². The Morgan fingerprint density at radius 3 is 2.41 bits per heavy atom. The molecule has 0 amide bonds. The summed E-state index contributed by atoms with van der Waals surface area (Å²) in [6, 6.07) is 9.72. The standard InChI is InChI=1S/C15H20O2/c1-15(2,3)14(17)11-13(16)10-9-12-7-5-4-6-8-12/h4-10,13,16H,11H2,1-3H3/b10-9+/t13-/m0/s1. The molecule has 0 radical (unpaired) electrons. The van der Waals surface area contributed by atoms with Crippen molar-refractivity contribution in [3.63, 3.8) is 0 Å². The van der Waals surface area contributed by atoms with Gasteiger partial charge in [-0.1, -0.05) is 63.3 Å². The van der Waals surface area contributed by atoms with Crippen LogP contribution in [0.15, 0.2) is 36.4 Å². The fraction of sp³-hybridized carbons (Fsp3) is 0.400. The van der Waals surface area contributed by atoms with Gasteiger partial charge in [0.25, 0.3) is 0 Å². The molecule has 1 aromatic carbocycles. The van der Waals surface area contributed by atoms with E-state index in [-0.39, 0.29) is 17.6 Å². The number of carbonyl (C=O) groups is 1. The van der Waals surface area contributed by atoms with Gasteiger partial charge in [-0.25, -0.2) is 0 Å². The average molecular weight is 232 g/mol. The molecule has 0 aliphatic rings. The van der Waals surface area contributed by atoms with E-state index in [4.69, 9.17) is 0 Å². The van der Waals surface area contributed by atoms with Gasteiger partial charge in [0.15, 0.2) is 0 Å². The Morgan fingerprint density at radius 2 is 1.88 bits per heavy atom. The summed E-state index contributed by atoms with van der Waals surface area (Å²) in [5, 5.41) is 9.74. The van der Waals surface area contributed by atoms with E-state index in [1.807, 2.05) is 57.2 Å². The largest absolute Gasteiger partial charge is 0.389 e. The number of hydrogen-bond acceptors (Lipinski definition) is 2. The highest BCUT2D eigenvalue weighted by atomic mass is 16.3. The van der Waals surface area contributed by atoms with E-state index >= 15 is 0 Å². The summed E-state index contributed by atoms with van der Waals surface area (Å²) >= 11 is 0. The van der Waals surface area contributed by atoms with Crippen LogP contribution in [0.4, 0.5) is 0 Å². The lowest BCUT2D eigenvalue weighted by atomic mass is 9.87. The molecule has 92 valence electrons. The fourth-order valence-electron chi connectivity index (χ4n) is 1.35. The number of benzene rings is 1. The van der Waals surface area contributed by atoms with Gasteiger partial charge in [0.05, 0.1) is 6.10 Å². The number of Topliss-reactive ketones (excluding diaryl/α,β-unsaturated/α-hetero) is 1. The third-order valence-corrected chi connectivity index (χ3v) is 2.54. The molecule has 2 heteroatoms. The van der Waals surface area contributed by atoms with Crippen molar-refractivity contribution in [1.82, 2.24) is 0 Å². The van der Waals surface area contributed by atoms with Crippen molar-refractivity contribution in [2.24, 2.45) is 5.41 Å². The lowest BCUT2D eigenvalue weighted by Crippen LogP contribution is -2.24. The van der Waals surface area contributed by atoms with Gasteiger partial charge < -0.3 is 5.11 Å². The highest BCUT2D eigenvalue weighted by molar-refractivity contribution is 5.84. The van der Waals surface area contributed by atoms with Crippen LogP contribution in [0, 0.1) is 5.41 Å². The lowest BCUT2D eigenvalue weighted by Gasteiger charge is -2.17. The summed E-state index contributed by atoms with van der Waals surface area (Å²) in [5.74, 6) is 0.0720. The molecule has 0 bridgehead atoms.